The van der Waals surface area contributed by atoms with Gasteiger partial charge in [0.15, 0.2) is 0 Å². The maximum Gasteiger partial charge on any atom is 0.250 e. The summed E-state index contributed by atoms with van der Waals surface area (Å²) in [5.41, 5.74) is 0.911. The highest BCUT2D eigenvalue weighted by Gasteiger charge is 2.24. The molecule has 2 unspecified atom stereocenters. The highest BCUT2D eigenvalue weighted by atomic mass is 19.1. The first kappa shape index (κ1) is 21.1. The smallest absolute Gasteiger partial charge is 0.250 e. The van der Waals surface area contributed by atoms with Crippen molar-refractivity contribution in [3.8, 4) is 5.75 Å². The van der Waals surface area contributed by atoms with E-state index in [0.29, 0.717) is 31.1 Å². The van der Waals surface area contributed by atoms with Gasteiger partial charge in [-0.2, -0.15) is 0 Å². The van der Waals surface area contributed by atoms with Gasteiger partial charge < -0.3 is 24.4 Å². The third-order valence-corrected chi connectivity index (χ3v) is 4.46. The number of para-hydroxylation sites is 1. The second kappa shape index (κ2) is 10.2. The summed E-state index contributed by atoms with van der Waals surface area (Å²) in [6, 6.07) is 14.1. The van der Waals surface area contributed by atoms with E-state index in [1.807, 2.05) is 49.1 Å². The van der Waals surface area contributed by atoms with Gasteiger partial charge in [0.2, 0.25) is 5.91 Å². The van der Waals surface area contributed by atoms with Gasteiger partial charge in [-0.15, -0.1) is 0 Å². The lowest BCUT2D eigenvalue weighted by Crippen LogP contribution is -2.45. The van der Waals surface area contributed by atoms with Crippen LogP contribution in [0.25, 0.3) is 0 Å². The van der Waals surface area contributed by atoms with Crippen LogP contribution in [0.4, 0.5) is 15.8 Å². The normalized spacial score (nSPS) is 19.1. The lowest BCUT2D eigenvalue weighted by molar-refractivity contribution is -0.120. The van der Waals surface area contributed by atoms with Crippen molar-refractivity contribution >= 4 is 17.3 Å². The highest BCUT2D eigenvalue weighted by molar-refractivity contribution is 5.91. The van der Waals surface area contributed by atoms with Crippen LogP contribution in [0.3, 0.4) is 0 Å². The lowest BCUT2D eigenvalue weighted by atomic mass is 10.2. The number of hydrogen-bond donors (Lipinski definition) is 1. The van der Waals surface area contributed by atoms with Crippen molar-refractivity contribution in [3.63, 3.8) is 0 Å². The van der Waals surface area contributed by atoms with Gasteiger partial charge in [-0.05, 0) is 44.2 Å². The van der Waals surface area contributed by atoms with Crippen molar-refractivity contribution in [2.24, 2.45) is 0 Å². The summed E-state index contributed by atoms with van der Waals surface area (Å²) in [5, 5.41) is 2.65. The number of ether oxygens (including phenoxy) is 3. The molecule has 1 saturated heterocycles. The van der Waals surface area contributed by atoms with Crippen LogP contribution in [0, 0.1) is 5.82 Å². The zero-order valence-corrected chi connectivity index (χ0v) is 16.8. The van der Waals surface area contributed by atoms with Crippen molar-refractivity contribution < 1.29 is 23.4 Å². The molecule has 1 heterocycles. The number of anilines is 2. The first-order valence-corrected chi connectivity index (χ1v) is 9.76. The molecule has 156 valence electrons. The molecule has 1 amide bonds. The van der Waals surface area contributed by atoms with Crippen LogP contribution in [0.2, 0.25) is 0 Å². The van der Waals surface area contributed by atoms with Gasteiger partial charge in [-0.25, -0.2) is 4.39 Å². The zero-order valence-electron chi connectivity index (χ0n) is 16.8. The van der Waals surface area contributed by atoms with E-state index in [4.69, 9.17) is 14.2 Å². The number of carbonyl (C=O) groups excluding carboxylic acids is 1. The summed E-state index contributed by atoms with van der Waals surface area (Å²) in [4.78, 5) is 14.0. The molecule has 2 aromatic carbocycles. The molecule has 0 saturated carbocycles. The molecular formula is C22H27FN2O4. The molecule has 0 aliphatic carbocycles. The number of morpholine rings is 1. The Morgan fingerprint density at radius 1 is 1.14 bits per heavy atom. The molecule has 0 aromatic heterocycles. The topological polar surface area (TPSA) is 60.0 Å². The fourth-order valence-corrected chi connectivity index (χ4v) is 3.31. The quantitative estimate of drug-likeness (QED) is 0.685. The van der Waals surface area contributed by atoms with Crippen molar-refractivity contribution in [3.05, 3.63) is 54.3 Å². The van der Waals surface area contributed by atoms with Crippen LogP contribution in [0.5, 0.6) is 5.75 Å². The van der Waals surface area contributed by atoms with E-state index in [1.165, 1.54) is 6.07 Å². The summed E-state index contributed by atoms with van der Waals surface area (Å²) in [6.45, 7) is 5.71. The van der Waals surface area contributed by atoms with E-state index in [2.05, 4.69) is 5.32 Å². The SMILES string of the molecule is CC1CN(c2ccc(NC(=O)COCCOc3ccccc3)cc2F)CC(C)O1. The Bertz CT molecular complexity index is 793. The number of rotatable bonds is 8. The molecule has 0 bridgehead atoms. The van der Waals surface area contributed by atoms with Crippen LogP contribution in [-0.4, -0.2) is 51.0 Å². The van der Waals surface area contributed by atoms with Crippen LogP contribution in [0.15, 0.2) is 48.5 Å². The van der Waals surface area contributed by atoms with E-state index < -0.39 is 0 Å². The largest absolute Gasteiger partial charge is 0.491 e. The van der Waals surface area contributed by atoms with Gasteiger partial charge in [0, 0.05) is 18.8 Å². The fraction of sp³-hybridized carbons (Fsp3) is 0.409. The highest BCUT2D eigenvalue weighted by Crippen LogP contribution is 2.26. The average molecular weight is 402 g/mol. The van der Waals surface area contributed by atoms with Gasteiger partial charge in [0.05, 0.1) is 24.5 Å². The number of halogens is 1. The van der Waals surface area contributed by atoms with Crippen LogP contribution < -0.4 is 15.0 Å². The first-order valence-electron chi connectivity index (χ1n) is 9.76. The van der Waals surface area contributed by atoms with E-state index in [9.17, 15) is 9.18 Å². The number of nitrogens with zero attached hydrogens (tertiary/aromatic N) is 1. The Kier molecular flexibility index (Phi) is 7.43. The van der Waals surface area contributed by atoms with Crippen LogP contribution in [0.1, 0.15) is 13.8 Å². The van der Waals surface area contributed by atoms with Gasteiger partial charge in [0.25, 0.3) is 0 Å². The summed E-state index contributed by atoms with van der Waals surface area (Å²) in [5.74, 6) is 0.0342. The second-order valence-electron chi connectivity index (χ2n) is 7.09. The maximum atomic E-state index is 14.6. The van der Waals surface area contributed by atoms with Crippen molar-refractivity contribution in [1.82, 2.24) is 0 Å². The van der Waals surface area contributed by atoms with Gasteiger partial charge in [-0.3, -0.25) is 4.79 Å². The number of hydrogen-bond acceptors (Lipinski definition) is 5. The summed E-state index contributed by atoms with van der Waals surface area (Å²) >= 11 is 0. The van der Waals surface area contributed by atoms with E-state index in [0.717, 1.165) is 5.75 Å². The Hall–Kier alpha value is -2.64. The standard InChI is InChI=1S/C22H27FN2O4/c1-16-13-25(14-17(2)29-16)21-9-8-18(12-20(21)23)24-22(26)15-27-10-11-28-19-6-4-3-5-7-19/h3-9,12,16-17H,10-11,13-15H2,1-2H3,(H,24,26). The predicted molar refractivity (Wildman–Crippen MR) is 110 cm³/mol. The predicted octanol–water partition coefficient (Wildman–Crippen LogP) is 3.47. The molecular weight excluding hydrogens is 375 g/mol. The molecule has 29 heavy (non-hydrogen) atoms. The molecule has 1 fully saturated rings. The molecule has 2 aromatic rings. The zero-order chi connectivity index (χ0) is 20.6. The maximum absolute atomic E-state index is 14.6. The Morgan fingerprint density at radius 2 is 1.86 bits per heavy atom. The van der Waals surface area contributed by atoms with Gasteiger partial charge in [-0.1, -0.05) is 18.2 Å². The van der Waals surface area contributed by atoms with Crippen molar-refractivity contribution in [2.45, 2.75) is 26.1 Å². The minimum Gasteiger partial charge on any atom is -0.491 e. The Balaban J connectivity index is 1.42. The molecule has 7 heteroatoms. The van der Waals surface area contributed by atoms with Crippen LogP contribution in [-0.2, 0) is 14.3 Å². The number of carbonyl (C=O) groups is 1. The minimum atomic E-state index is -0.374. The number of benzene rings is 2. The van der Waals surface area contributed by atoms with E-state index in [1.54, 1.807) is 12.1 Å². The molecule has 1 N–H and O–H groups in total. The van der Waals surface area contributed by atoms with E-state index >= 15 is 0 Å². The molecule has 0 spiro atoms. The van der Waals surface area contributed by atoms with E-state index in [-0.39, 0.29) is 37.1 Å². The molecule has 1 aliphatic heterocycles. The summed E-state index contributed by atoms with van der Waals surface area (Å²) in [6.07, 6.45) is 0.0843. The van der Waals surface area contributed by atoms with Crippen LogP contribution >= 0.6 is 0 Å². The minimum absolute atomic E-state index is 0.0422. The molecule has 3 rings (SSSR count). The van der Waals surface area contributed by atoms with Gasteiger partial charge in [0.1, 0.15) is 24.8 Å². The second-order valence-corrected chi connectivity index (χ2v) is 7.09. The summed E-state index contributed by atoms with van der Waals surface area (Å²) in [7, 11) is 0. The third-order valence-electron chi connectivity index (χ3n) is 4.46. The number of amides is 1. The molecule has 2 atom stereocenters. The lowest BCUT2D eigenvalue weighted by Gasteiger charge is -2.37. The number of nitrogens with one attached hydrogen (secondary N) is 1. The fourth-order valence-electron chi connectivity index (χ4n) is 3.31. The van der Waals surface area contributed by atoms with Crippen molar-refractivity contribution in [2.75, 3.05) is 43.1 Å². The molecule has 0 radical (unpaired) electrons. The Morgan fingerprint density at radius 3 is 2.55 bits per heavy atom. The first-order chi connectivity index (χ1) is 14.0. The third kappa shape index (κ3) is 6.44. The Labute approximate surface area is 170 Å². The molecule has 1 aliphatic rings. The van der Waals surface area contributed by atoms with Gasteiger partial charge >= 0.3 is 0 Å². The monoisotopic (exact) mass is 402 g/mol. The average Bonchev–Trinajstić information content (AvgIpc) is 2.68. The van der Waals surface area contributed by atoms with Crippen molar-refractivity contribution in [1.29, 1.82) is 0 Å². The molecule has 6 nitrogen and oxygen atoms in total. The summed E-state index contributed by atoms with van der Waals surface area (Å²) < 4.78 is 31.1.